The van der Waals surface area contributed by atoms with Crippen LogP contribution in [0.4, 0.5) is 17.6 Å². The highest BCUT2D eigenvalue weighted by Gasteiger charge is 2.47. The van der Waals surface area contributed by atoms with Crippen LogP contribution in [0.5, 0.6) is 0 Å². The van der Waals surface area contributed by atoms with E-state index in [1.54, 1.807) is 17.3 Å². The zero-order valence-electron chi connectivity index (χ0n) is 18.2. The molecule has 13 heteroatoms. The molecule has 2 fully saturated rings. The number of amides is 2. The number of hydrogen-bond donors (Lipinski definition) is 2. The number of carboxylic acid groups (broad SMARTS) is 1. The third-order valence-electron chi connectivity index (χ3n) is 5.44. The second-order valence-corrected chi connectivity index (χ2v) is 7.87. The molecule has 0 aromatic carbocycles. The van der Waals surface area contributed by atoms with Gasteiger partial charge in [0.15, 0.2) is 0 Å². The molecule has 2 amide bonds. The standard InChI is InChI=1S/C20H21FN4O3.C2HF3O2/c21-14-3-4-15(23-12-14)8-19(26)25-7-5-17-16(25)9-18(28-17)20(27)24-11-13-2-1-6-22-10-13;3-2(4,5)1(6)7/h1-4,6,10,12,16-18H,5,7-9,11H2,(H,24,27);(H,6,7)/t16-,17-,18-;/m1./s1. The van der Waals surface area contributed by atoms with Crippen LogP contribution in [0.2, 0.25) is 0 Å². The van der Waals surface area contributed by atoms with Crippen molar-refractivity contribution in [3.05, 3.63) is 59.9 Å². The van der Waals surface area contributed by atoms with Gasteiger partial charge in [-0.25, -0.2) is 9.18 Å². The van der Waals surface area contributed by atoms with Gasteiger partial charge < -0.3 is 20.1 Å². The van der Waals surface area contributed by atoms with Crippen molar-refractivity contribution in [2.24, 2.45) is 0 Å². The average molecular weight is 498 g/mol. The van der Waals surface area contributed by atoms with Gasteiger partial charge in [-0.3, -0.25) is 19.6 Å². The third kappa shape index (κ3) is 7.18. The lowest BCUT2D eigenvalue weighted by Gasteiger charge is -2.23. The molecule has 0 spiro atoms. The van der Waals surface area contributed by atoms with Crippen molar-refractivity contribution >= 4 is 17.8 Å². The maximum Gasteiger partial charge on any atom is 0.490 e. The van der Waals surface area contributed by atoms with Gasteiger partial charge in [0.1, 0.15) is 11.9 Å². The van der Waals surface area contributed by atoms with Crippen LogP contribution < -0.4 is 5.32 Å². The molecule has 35 heavy (non-hydrogen) atoms. The molecule has 2 N–H and O–H groups in total. The molecule has 188 valence electrons. The van der Waals surface area contributed by atoms with Gasteiger partial charge in [0.2, 0.25) is 11.8 Å². The monoisotopic (exact) mass is 498 g/mol. The van der Waals surface area contributed by atoms with Crippen LogP contribution in [-0.2, 0) is 32.1 Å². The van der Waals surface area contributed by atoms with E-state index in [0.29, 0.717) is 31.6 Å². The highest BCUT2D eigenvalue weighted by atomic mass is 19.4. The Kier molecular flexibility index (Phi) is 8.33. The van der Waals surface area contributed by atoms with E-state index >= 15 is 0 Å². The Labute approximate surface area is 197 Å². The summed E-state index contributed by atoms with van der Waals surface area (Å²) in [7, 11) is 0. The minimum Gasteiger partial charge on any atom is -0.475 e. The Morgan fingerprint density at radius 1 is 1.20 bits per heavy atom. The van der Waals surface area contributed by atoms with Crippen LogP contribution in [0.25, 0.3) is 0 Å². The Morgan fingerprint density at radius 3 is 2.54 bits per heavy atom. The fourth-order valence-electron chi connectivity index (χ4n) is 3.80. The predicted molar refractivity (Wildman–Crippen MR) is 111 cm³/mol. The predicted octanol–water partition coefficient (Wildman–Crippen LogP) is 1.87. The number of halogens is 4. The normalized spacial score (nSPS) is 21.0. The van der Waals surface area contributed by atoms with Gasteiger partial charge in [0.25, 0.3) is 0 Å². The van der Waals surface area contributed by atoms with E-state index in [2.05, 4.69) is 15.3 Å². The number of nitrogens with one attached hydrogen (secondary N) is 1. The largest absolute Gasteiger partial charge is 0.490 e. The maximum absolute atomic E-state index is 13.0. The van der Waals surface area contributed by atoms with Gasteiger partial charge in [-0.1, -0.05) is 6.07 Å². The molecule has 2 aromatic rings. The van der Waals surface area contributed by atoms with Crippen LogP contribution in [0.15, 0.2) is 42.9 Å². The number of pyridine rings is 2. The quantitative estimate of drug-likeness (QED) is 0.604. The van der Waals surface area contributed by atoms with Gasteiger partial charge in [-0.15, -0.1) is 0 Å². The van der Waals surface area contributed by atoms with Crippen molar-refractivity contribution in [1.82, 2.24) is 20.2 Å². The number of likely N-dealkylation sites (tertiary alicyclic amines) is 1. The summed E-state index contributed by atoms with van der Waals surface area (Å²) in [4.78, 5) is 43.7. The first-order valence-corrected chi connectivity index (χ1v) is 10.6. The number of alkyl halides is 3. The fourth-order valence-corrected chi connectivity index (χ4v) is 3.80. The topological polar surface area (TPSA) is 122 Å². The highest BCUT2D eigenvalue weighted by Crippen LogP contribution is 2.33. The number of carboxylic acids is 1. The van der Waals surface area contributed by atoms with E-state index < -0.39 is 24.1 Å². The molecule has 4 heterocycles. The van der Waals surface area contributed by atoms with Crippen LogP contribution in [-0.4, -0.2) is 68.7 Å². The van der Waals surface area contributed by atoms with Crippen molar-refractivity contribution < 1.29 is 41.8 Å². The van der Waals surface area contributed by atoms with Crippen LogP contribution in [0.1, 0.15) is 24.1 Å². The summed E-state index contributed by atoms with van der Waals surface area (Å²) in [5, 5.41) is 9.99. The smallest absolute Gasteiger partial charge is 0.475 e. The number of fused-ring (bicyclic) bond motifs is 1. The van der Waals surface area contributed by atoms with Gasteiger partial charge in [-0.05, 0) is 30.2 Å². The number of nitrogens with zero attached hydrogens (tertiary/aromatic N) is 3. The number of hydrogen-bond acceptors (Lipinski definition) is 6. The summed E-state index contributed by atoms with van der Waals surface area (Å²) in [5.74, 6) is -3.44. The first-order valence-electron chi connectivity index (χ1n) is 10.6. The molecule has 2 saturated heterocycles. The number of rotatable bonds is 5. The molecule has 0 aliphatic carbocycles. The van der Waals surface area contributed by atoms with E-state index in [-0.39, 0.29) is 30.4 Å². The highest BCUT2D eigenvalue weighted by molar-refractivity contribution is 5.82. The lowest BCUT2D eigenvalue weighted by molar-refractivity contribution is -0.192. The summed E-state index contributed by atoms with van der Waals surface area (Å²) in [6.07, 6.45) is 0.0169. The summed E-state index contributed by atoms with van der Waals surface area (Å²) in [5.41, 5.74) is 1.44. The summed E-state index contributed by atoms with van der Waals surface area (Å²) >= 11 is 0. The molecule has 2 aromatic heterocycles. The van der Waals surface area contributed by atoms with Crippen LogP contribution in [0, 0.1) is 5.82 Å². The van der Waals surface area contributed by atoms with Crippen molar-refractivity contribution in [1.29, 1.82) is 0 Å². The number of aromatic nitrogens is 2. The molecule has 9 nitrogen and oxygen atoms in total. The molecule has 3 atom stereocenters. The van der Waals surface area contributed by atoms with Gasteiger partial charge in [0, 0.05) is 37.6 Å². The second-order valence-electron chi connectivity index (χ2n) is 7.87. The van der Waals surface area contributed by atoms with Crippen LogP contribution >= 0.6 is 0 Å². The van der Waals surface area contributed by atoms with E-state index in [1.807, 2.05) is 12.1 Å². The first-order chi connectivity index (χ1) is 16.5. The van der Waals surface area contributed by atoms with Gasteiger partial charge in [0.05, 0.1) is 24.8 Å². The van der Waals surface area contributed by atoms with E-state index in [4.69, 9.17) is 14.6 Å². The zero-order chi connectivity index (χ0) is 25.6. The minimum atomic E-state index is -5.08. The molecular formula is C22H22F4N4O5. The molecule has 2 aliphatic heterocycles. The van der Waals surface area contributed by atoms with Crippen molar-refractivity contribution in [3.8, 4) is 0 Å². The number of aliphatic carboxylic acids is 1. The Hall–Kier alpha value is -3.61. The minimum absolute atomic E-state index is 0.0772. The first kappa shape index (κ1) is 26.0. The number of carbonyl (C=O) groups excluding carboxylic acids is 2. The Balaban J connectivity index is 0.000000429. The molecule has 0 radical (unpaired) electrons. The summed E-state index contributed by atoms with van der Waals surface area (Å²) in [6.45, 7) is 0.986. The second kappa shape index (κ2) is 11.2. The average Bonchev–Trinajstić information content (AvgIpc) is 3.40. The van der Waals surface area contributed by atoms with Crippen molar-refractivity contribution in [2.45, 2.75) is 50.2 Å². The van der Waals surface area contributed by atoms with E-state index in [9.17, 15) is 27.2 Å². The molecule has 2 aliphatic rings. The van der Waals surface area contributed by atoms with E-state index in [1.165, 1.54) is 12.1 Å². The fraction of sp³-hybridized carbons (Fsp3) is 0.409. The molecule has 0 bridgehead atoms. The summed E-state index contributed by atoms with van der Waals surface area (Å²) < 4.78 is 50.6. The maximum atomic E-state index is 13.0. The molecule has 0 saturated carbocycles. The lowest BCUT2D eigenvalue weighted by Crippen LogP contribution is -2.39. The SMILES string of the molecule is O=C(NCc1cccnc1)[C@H]1C[C@@H]2[C@@H](CCN2C(=O)Cc2ccc(F)cn2)O1.O=C(O)C(F)(F)F. The summed E-state index contributed by atoms with van der Waals surface area (Å²) in [6, 6.07) is 6.41. The molecule has 4 rings (SSSR count). The third-order valence-corrected chi connectivity index (χ3v) is 5.44. The Bertz CT molecular complexity index is 1040. The van der Waals surface area contributed by atoms with Crippen molar-refractivity contribution in [3.63, 3.8) is 0 Å². The Morgan fingerprint density at radius 2 is 1.94 bits per heavy atom. The molecule has 0 unspecified atom stereocenters. The lowest BCUT2D eigenvalue weighted by atomic mass is 10.1. The van der Waals surface area contributed by atoms with E-state index in [0.717, 1.165) is 11.8 Å². The van der Waals surface area contributed by atoms with Gasteiger partial charge >= 0.3 is 12.1 Å². The zero-order valence-corrected chi connectivity index (χ0v) is 18.2. The van der Waals surface area contributed by atoms with Gasteiger partial charge in [-0.2, -0.15) is 13.2 Å². The van der Waals surface area contributed by atoms with Crippen molar-refractivity contribution in [2.75, 3.05) is 6.54 Å². The molecular weight excluding hydrogens is 476 g/mol. The number of ether oxygens (including phenoxy) is 1. The van der Waals surface area contributed by atoms with Crippen LogP contribution in [0.3, 0.4) is 0 Å². The number of carbonyl (C=O) groups is 3.